The Balaban J connectivity index is 0.000000847. The predicted octanol–water partition coefficient (Wildman–Crippen LogP) is 6.38. The molecular formula is C19H22F2S. The van der Waals surface area contributed by atoms with Crippen molar-refractivity contribution in [2.24, 2.45) is 5.92 Å². The summed E-state index contributed by atoms with van der Waals surface area (Å²) in [7, 11) is 0. The summed E-state index contributed by atoms with van der Waals surface area (Å²) in [6.45, 7) is 8.25. The van der Waals surface area contributed by atoms with Gasteiger partial charge in [0.25, 0.3) is 0 Å². The molecule has 0 saturated heterocycles. The lowest BCUT2D eigenvalue weighted by Crippen LogP contribution is -2.11. The molecule has 1 heterocycles. The molecular weight excluding hydrogens is 298 g/mol. The summed E-state index contributed by atoms with van der Waals surface area (Å²) in [6.07, 6.45) is 0. The Morgan fingerprint density at radius 2 is 1.68 bits per heavy atom. The second-order valence-electron chi connectivity index (χ2n) is 5.48. The maximum atomic E-state index is 14.1. The smallest absolute Gasteiger partial charge is 0.163 e. The lowest BCUT2D eigenvalue weighted by molar-refractivity contribution is 0.492. The molecule has 0 bridgehead atoms. The number of thioether (sulfide) groups is 1. The third-order valence-corrected chi connectivity index (χ3v) is 4.98. The summed E-state index contributed by atoms with van der Waals surface area (Å²) in [5.74, 6) is -0.505. The summed E-state index contributed by atoms with van der Waals surface area (Å²) in [5, 5.41) is 0. The van der Waals surface area contributed by atoms with E-state index >= 15 is 0 Å². The van der Waals surface area contributed by atoms with Gasteiger partial charge in [-0.3, -0.25) is 0 Å². The number of hydrogen-bond donors (Lipinski definition) is 0. The maximum Gasteiger partial charge on any atom is 0.163 e. The van der Waals surface area contributed by atoms with Crippen molar-refractivity contribution in [2.45, 2.75) is 44.3 Å². The van der Waals surface area contributed by atoms with E-state index in [0.29, 0.717) is 17.2 Å². The van der Waals surface area contributed by atoms with E-state index < -0.39 is 11.6 Å². The summed E-state index contributed by atoms with van der Waals surface area (Å²) < 4.78 is 27.6. The molecule has 0 N–H and O–H groups in total. The molecule has 22 heavy (non-hydrogen) atoms. The second-order valence-corrected chi connectivity index (χ2v) is 6.49. The molecule has 0 spiro atoms. The number of benzene rings is 2. The molecule has 0 fully saturated rings. The molecule has 1 unspecified atom stereocenters. The standard InChI is InChI=1S/C17H16F2S.C2H6/c1-10(2)16-11-7-8-14(18)17(19)13(11)9-20-15-6-4-3-5-12(15)16;1-2/h3-8,10,16H,9H2,1-2H3;1-2H3. The van der Waals surface area contributed by atoms with Gasteiger partial charge >= 0.3 is 0 Å². The van der Waals surface area contributed by atoms with Crippen LogP contribution in [0.2, 0.25) is 0 Å². The van der Waals surface area contributed by atoms with Crippen LogP contribution in [0.1, 0.15) is 50.3 Å². The molecule has 1 aliphatic rings. The molecule has 0 radical (unpaired) electrons. The van der Waals surface area contributed by atoms with E-state index in [2.05, 4.69) is 26.0 Å². The van der Waals surface area contributed by atoms with Crippen LogP contribution in [0.3, 0.4) is 0 Å². The minimum absolute atomic E-state index is 0.117. The molecule has 2 aromatic carbocycles. The number of hydrogen-bond acceptors (Lipinski definition) is 1. The molecule has 0 amide bonds. The van der Waals surface area contributed by atoms with Gasteiger partial charge in [0.05, 0.1) is 0 Å². The average Bonchev–Trinajstić information content (AvgIpc) is 2.70. The Morgan fingerprint density at radius 3 is 2.36 bits per heavy atom. The fraction of sp³-hybridized carbons (Fsp3) is 0.368. The highest BCUT2D eigenvalue weighted by molar-refractivity contribution is 7.98. The largest absolute Gasteiger partial charge is 0.204 e. The Bertz CT molecular complexity index is 650. The zero-order chi connectivity index (χ0) is 16.3. The van der Waals surface area contributed by atoms with E-state index in [1.807, 2.05) is 26.0 Å². The minimum atomic E-state index is -0.752. The molecule has 2 aromatic rings. The molecule has 1 aliphatic heterocycles. The average molecular weight is 320 g/mol. The number of fused-ring (bicyclic) bond motifs is 2. The van der Waals surface area contributed by atoms with Gasteiger partial charge in [-0.15, -0.1) is 11.8 Å². The Kier molecular flexibility index (Phi) is 5.63. The van der Waals surface area contributed by atoms with Gasteiger partial charge in [0.2, 0.25) is 0 Å². The summed E-state index contributed by atoms with van der Waals surface area (Å²) >= 11 is 1.59. The second kappa shape index (κ2) is 7.28. The monoisotopic (exact) mass is 320 g/mol. The fourth-order valence-electron chi connectivity index (χ4n) is 2.95. The quantitative estimate of drug-likeness (QED) is 0.587. The van der Waals surface area contributed by atoms with E-state index in [1.54, 1.807) is 17.8 Å². The molecule has 0 nitrogen and oxygen atoms in total. The van der Waals surface area contributed by atoms with Gasteiger partial charge in [0, 0.05) is 22.1 Å². The van der Waals surface area contributed by atoms with Gasteiger partial charge in [-0.05, 0) is 29.2 Å². The lowest BCUT2D eigenvalue weighted by atomic mass is 9.80. The Labute approximate surface area is 135 Å². The van der Waals surface area contributed by atoms with Crippen molar-refractivity contribution in [1.82, 2.24) is 0 Å². The number of halogens is 2. The van der Waals surface area contributed by atoms with Crippen LogP contribution in [-0.4, -0.2) is 0 Å². The zero-order valence-electron chi connectivity index (χ0n) is 13.5. The third-order valence-electron chi connectivity index (χ3n) is 3.86. The van der Waals surface area contributed by atoms with E-state index in [-0.39, 0.29) is 5.92 Å². The topological polar surface area (TPSA) is 0 Å². The third kappa shape index (κ3) is 3.05. The highest BCUT2D eigenvalue weighted by Crippen LogP contribution is 2.44. The van der Waals surface area contributed by atoms with Crippen molar-refractivity contribution >= 4 is 11.8 Å². The maximum absolute atomic E-state index is 14.1. The van der Waals surface area contributed by atoms with Gasteiger partial charge in [-0.2, -0.15) is 0 Å². The molecule has 1 atom stereocenters. The molecule has 3 heteroatoms. The fourth-order valence-corrected chi connectivity index (χ4v) is 4.08. The molecule has 3 rings (SSSR count). The first-order chi connectivity index (χ1) is 10.6. The van der Waals surface area contributed by atoms with Gasteiger partial charge in [-0.25, -0.2) is 8.78 Å². The van der Waals surface area contributed by atoms with Crippen molar-refractivity contribution in [1.29, 1.82) is 0 Å². The Morgan fingerprint density at radius 1 is 1.00 bits per heavy atom. The first kappa shape index (κ1) is 17.0. The highest BCUT2D eigenvalue weighted by atomic mass is 32.2. The predicted molar refractivity (Wildman–Crippen MR) is 90.4 cm³/mol. The minimum Gasteiger partial charge on any atom is -0.204 e. The molecule has 118 valence electrons. The Hall–Kier alpha value is -1.35. The van der Waals surface area contributed by atoms with Crippen molar-refractivity contribution in [3.8, 4) is 0 Å². The van der Waals surface area contributed by atoms with E-state index in [1.165, 1.54) is 16.5 Å². The van der Waals surface area contributed by atoms with Crippen molar-refractivity contribution < 1.29 is 8.78 Å². The van der Waals surface area contributed by atoms with E-state index in [4.69, 9.17) is 0 Å². The zero-order valence-corrected chi connectivity index (χ0v) is 14.3. The normalized spacial score (nSPS) is 16.2. The summed E-state index contributed by atoms with van der Waals surface area (Å²) in [6, 6.07) is 11.2. The van der Waals surface area contributed by atoms with Crippen LogP contribution in [0.25, 0.3) is 0 Å². The van der Waals surface area contributed by atoms with E-state index in [9.17, 15) is 8.78 Å². The van der Waals surface area contributed by atoms with Gasteiger partial charge in [0.1, 0.15) is 0 Å². The molecule has 0 saturated carbocycles. The van der Waals surface area contributed by atoms with Gasteiger partial charge < -0.3 is 0 Å². The van der Waals surface area contributed by atoms with Crippen LogP contribution in [0.15, 0.2) is 41.3 Å². The highest BCUT2D eigenvalue weighted by Gasteiger charge is 2.28. The van der Waals surface area contributed by atoms with E-state index in [0.717, 1.165) is 5.56 Å². The van der Waals surface area contributed by atoms with Crippen LogP contribution in [0, 0.1) is 17.6 Å². The molecule has 0 aliphatic carbocycles. The van der Waals surface area contributed by atoms with Crippen LogP contribution in [-0.2, 0) is 5.75 Å². The van der Waals surface area contributed by atoms with Gasteiger partial charge in [-0.1, -0.05) is 52.0 Å². The molecule has 0 aromatic heterocycles. The first-order valence-electron chi connectivity index (χ1n) is 7.78. The lowest BCUT2D eigenvalue weighted by Gasteiger charge is -2.23. The first-order valence-corrected chi connectivity index (χ1v) is 8.76. The van der Waals surface area contributed by atoms with Crippen molar-refractivity contribution in [3.05, 3.63) is 64.7 Å². The van der Waals surface area contributed by atoms with Crippen molar-refractivity contribution in [3.63, 3.8) is 0 Å². The summed E-state index contributed by atoms with van der Waals surface area (Å²) in [4.78, 5) is 1.17. The SMILES string of the molecule is CC.CC(C)C1c2ccccc2SCc2c1ccc(F)c2F. The van der Waals surface area contributed by atoms with Gasteiger partial charge in [0.15, 0.2) is 11.6 Å². The van der Waals surface area contributed by atoms with Crippen LogP contribution in [0.4, 0.5) is 8.78 Å². The number of rotatable bonds is 1. The van der Waals surface area contributed by atoms with Crippen molar-refractivity contribution in [2.75, 3.05) is 0 Å². The summed E-state index contributed by atoms with van der Waals surface area (Å²) in [5.41, 5.74) is 2.67. The van der Waals surface area contributed by atoms with Crippen LogP contribution >= 0.6 is 11.8 Å². The van der Waals surface area contributed by atoms with Crippen LogP contribution < -0.4 is 0 Å². The van der Waals surface area contributed by atoms with Crippen LogP contribution in [0.5, 0.6) is 0 Å².